The molecule has 2 N–H and O–H groups in total. The highest BCUT2D eigenvalue weighted by Crippen LogP contribution is 2.23. The summed E-state index contributed by atoms with van der Waals surface area (Å²) >= 11 is 13.0. The van der Waals surface area contributed by atoms with Gasteiger partial charge in [0.1, 0.15) is 5.82 Å². The zero-order chi connectivity index (χ0) is 17.8. The molecule has 3 aromatic rings. The van der Waals surface area contributed by atoms with Crippen LogP contribution >= 0.6 is 34.5 Å². The van der Waals surface area contributed by atoms with Crippen molar-refractivity contribution >= 4 is 57.9 Å². The number of nitrogens with zero attached hydrogens (tertiary/aromatic N) is 1. The summed E-state index contributed by atoms with van der Waals surface area (Å²) in [4.78, 5) is 28.8. The van der Waals surface area contributed by atoms with Gasteiger partial charge in [0.05, 0.1) is 14.9 Å². The minimum absolute atomic E-state index is 0.188. The van der Waals surface area contributed by atoms with Crippen LogP contribution in [0.1, 0.15) is 20.0 Å². The Morgan fingerprint density at radius 1 is 0.960 bits per heavy atom. The second kappa shape index (κ2) is 7.65. The van der Waals surface area contributed by atoms with Crippen LogP contribution in [0.25, 0.3) is 0 Å². The van der Waals surface area contributed by atoms with Gasteiger partial charge in [-0.3, -0.25) is 9.59 Å². The van der Waals surface area contributed by atoms with Gasteiger partial charge in [0.15, 0.2) is 0 Å². The molecule has 25 heavy (non-hydrogen) atoms. The van der Waals surface area contributed by atoms with Crippen molar-refractivity contribution in [3.8, 4) is 0 Å². The predicted octanol–water partition coefficient (Wildman–Crippen LogP) is 4.95. The largest absolute Gasteiger partial charge is 0.321 e. The first kappa shape index (κ1) is 17.4. The van der Waals surface area contributed by atoms with E-state index in [2.05, 4.69) is 15.6 Å². The van der Waals surface area contributed by atoms with Gasteiger partial charge < -0.3 is 10.6 Å². The van der Waals surface area contributed by atoms with Gasteiger partial charge in [-0.1, -0.05) is 29.3 Å². The van der Waals surface area contributed by atoms with Crippen molar-refractivity contribution in [1.29, 1.82) is 0 Å². The summed E-state index contributed by atoms with van der Waals surface area (Å²) in [5.74, 6) is -0.233. The Balaban J connectivity index is 1.66. The van der Waals surface area contributed by atoms with E-state index in [9.17, 15) is 9.59 Å². The molecule has 0 bridgehead atoms. The molecular formula is C17H11Cl2N3O2S. The third-order valence-corrected chi connectivity index (χ3v) is 4.78. The number of nitrogens with one attached hydrogen (secondary N) is 2. The summed E-state index contributed by atoms with van der Waals surface area (Å²) in [5.41, 5.74) is 1.02. The zero-order valence-electron chi connectivity index (χ0n) is 12.6. The van der Waals surface area contributed by atoms with Crippen molar-refractivity contribution in [2.75, 3.05) is 10.6 Å². The Kier molecular flexibility index (Phi) is 5.33. The average Bonchev–Trinajstić information content (AvgIpc) is 3.13. The molecule has 126 valence electrons. The number of carbonyl (C=O) groups is 2. The molecular weight excluding hydrogens is 381 g/mol. The molecule has 0 unspecified atom stereocenters. The number of rotatable bonds is 4. The molecule has 5 nitrogen and oxygen atoms in total. The quantitative estimate of drug-likeness (QED) is 0.660. The van der Waals surface area contributed by atoms with E-state index in [1.807, 2.05) is 11.4 Å². The highest BCUT2D eigenvalue weighted by atomic mass is 35.5. The number of thiophene rings is 1. The first-order valence-corrected chi connectivity index (χ1v) is 8.74. The summed E-state index contributed by atoms with van der Waals surface area (Å²) in [6.45, 7) is 0. The number of halogens is 2. The number of hydrogen-bond acceptors (Lipinski definition) is 4. The molecule has 2 aromatic heterocycles. The molecule has 0 saturated heterocycles. The Bertz CT molecular complexity index is 912. The van der Waals surface area contributed by atoms with Gasteiger partial charge in [0.25, 0.3) is 11.8 Å². The molecule has 0 atom stereocenters. The molecule has 2 heterocycles. The van der Waals surface area contributed by atoms with Crippen LogP contribution in [0.2, 0.25) is 10.0 Å². The van der Waals surface area contributed by atoms with Crippen LogP contribution in [0, 0.1) is 0 Å². The average molecular weight is 392 g/mol. The van der Waals surface area contributed by atoms with E-state index in [1.165, 1.54) is 23.6 Å². The summed E-state index contributed by atoms with van der Waals surface area (Å²) in [5, 5.41) is 7.85. The third kappa shape index (κ3) is 4.36. The number of pyridine rings is 1. The molecule has 3 rings (SSSR count). The number of aromatic nitrogens is 1. The Morgan fingerprint density at radius 2 is 1.72 bits per heavy atom. The number of anilines is 2. The first-order valence-electron chi connectivity index (χ1n) is 7.10. The van der Waals surface area contributed by atoms with Gasteiger partial charge in [-0.2, -0.15) is 0 Å². The predicted molar refractivity (Wildman–Crippen MR) is 101 cm³/mol. The Morgan fingerprint density at radius 3 is 2.36 bits per heavy atom. The third-order valence-electron chi connectivity index (χ3n) is 3.20. The lowest BCUT2D eigenvalue weighted by atomic mass is 10.2. The van der Waals surface area contributed by atoms with E-state index in [0.717, 1.165) is 0 Å². The fourth-order valence-corrected chi connectivity index (χ4v) is 2.85. The summed E-state index contributed by atoms with van der Waals surface area (Å²) in [7, 11) is 0. The van der Waals surface area contributed by atoms with E-state index >= 15 is 0 Å². The fourth-order valence-electron chi connectivity index (χ4n) is 1.98. The highest BCUT2D eigenvalue weighted by molar-refractivity contribution is 7.12. The lowest BCUT2D eigenvalue weighted by Crippen LogP contribution is -2.13. The van der Waals surface area contributed by atoms with Gasteiger partial charge in [-0.15, -0.1) is 11.3 Å². The molecule has 0 saturated carbocycles. The Labute approximate surface area is 157 Å². The van der Waals surface area contributed by atoms with E-state index in [-0.39, 0.29) is 11.8 Å². The topological polar surface area (TPSA) is 71.1 Å². The van der Waals surface area contributed by atoms with Crippen LogP contribution in [0.5, 0.6) is 0 Å². The van der Waals surface area contributed by atoms with Gasteiger partial charge in [0, 0.05) is 23.5 Å². The maximum absolute atomic E-state index is 12.2. The molecule has 0 radical (unpaired) electrons. The molecule has 0 aliphatic rings. The van der Waals surface area contributed by atoms with Crippen molar-refractivity contribution in [1.82, 2.24) is 4.98 Å². The number of hydrogen-bond donors (Lipinski definition) is 2. The van der Waals surface area contributed by atoms with Crippen molar-refractivity contribution in [2.45, 2.75) is 0 Å². The minimum atomic E-state index is -0.345. The summed E-state index contributed by atoms with van der Waals surface area (Å²) in [6, 6.07) is 11.5. The van der Waals surface area contributed by atoms with Crippen LogP contribution in [-0.4, -0.2) is 16.8 Å². The number of amides is 2. The van der Waals surface area contributed by atoms with Crippen molar-refractivity contribution in [3.05, 3.63) is 74.5 Å². The fraction of sp³-hybridized carbons (Fsp3) is 0. The smallest absolute Gasteiger partial charge is 0.265 e. The van der Waals surface area contributed by atoms with Crippen molar-refractivity contribution in [3.63, 3.8) is 0 Å². The Hall–Kier alpha value is -2.41. The zero-order valence-corrected chi connectivity index (χ0v) is 15.0. The molecule has 8 heteroatoms. The lowest BCUT2D eigenvalue weighted by Gasteiger charge is -2.07. The molecule has 2 amide bonds. The molecule has 1 aromatic carbocycles. The van der Waals surface area contributed by atoms with E-state index in [4.69, 9.17) is 23.2 Å². The van der Waals surface area contributed by atoms with Crippen LogP contribution in [0.3, 0.4) is 0 Å². The summed E-state index contributed by atoms with van der Waals surface area (Å²) < 4.78 is 0. The maximum Gasteiger partial charge on any atom is 0.265 e. The van der Waals surface area contributed by atoms with Gasteiger partial charge in [-0.25, -0.2) is 4.98 Å². The van der Waals surface area contributed by atoms with Crippen molar-refractivity contribution in [2.24, 2.45) is 0 Å². The minimum Gasteiger partial charge on any atom is -0.321 e. The SMILES string of the molecule is O=C(Nc1cc(Cl)c(Cl)cn1)c1ccc(NC(=O)c2cccs2)cc1. The van der Waals surface area contributed by atoms with Crippen LogP contribution in [-0.2, 0) is 0 Å². The van der Waals surface area contributed by atoms with Crippen LogP contribution in [0.15, 0.2) is 54.0 Å². The van der Waals surface area contributed by atoms with Gasteiger partial charge >= 0.3 is 0 Å². The first-order chi connectivity index (χ1) is 12.0. The maximum atomic E-state index is 12.2. The van der Waals surface area contributed by atoms with Crippen LogP contribution in [0.4, 0.5) is 11.5 Å². The van der Waals surface area contributed by atoms with E-state index < -0.39 is 0 Å². The van der Waals surface area contributed by atoms with E-state index in [0.29, 0.717) is 32.0 Å². The monoisotopic (exact) mass is 391 g/mol. The molecule has 0 fully saturated rings. The molecule has 0 aliphatic heterocycles. The standard InChI is InChI=1S/C17H11Cl2N3O2S/c18-12-8-15(20-9-13(12)19)22-16(23)10-3-5-11(6-4-10)21-17(24)14-2-1-7-25-14/h1-9H,(H,21,24)(H,20,22,23). The van der Waals surface area contributed by atoms with Gasteiger partial charge in [0.2, 0.25) is 0 Å². The normalized spacial score (nSPS) is 10.3. The second-order valence-corrected chi connectivity index (χ2v) is 6.71. The molecule has 0 aliphatic carbocycles. The van der Waals surface area contributed by atoms with Crippen LogP contribution < -0.4 is 10.6 Å². The molecule has 0 spiro atoms. The number of carbonyl (C=O) groups excluding carboxylic acids is 2. The lowest BCUT2D eigenvalue weighted by molar-refractivity contribution is 0.102. The van der Waals surface area contributed by atoms with E-state index in [1.54, 1.807) is 30.3 Å². The second-order valence-electron chi connectivity index (χ2n) is 4.95. The summed E-state index contributed by atoms with van der Waals surface area (Å²) in [6.07, 6.45) is 1.36. The number of benzene rings is 1. The van der Waals surface area contributed by atoms with Gasteiger partial charge in [-0.05, 0) is 35.7 Å². The highest BCUT2D eigenvalue weighted by Gasteiger charge is 2.10. The van der Waals surface area contributed by atoms with Crippen molar-refractivity contribution < 1.29 is 9.59 Å².